The molecule has 0 unspecified atom stereocenters. The number of para-hydroxylation sites is 1. The molecular formula is C21H21N3O2. The Morgan fingerprint density at radius 3 is 2.81 bits per heavy atom. The van der Waals surface area contributed by atoms with E-state index in [-0.39, 0.29) is 11.9 Å². The summed E-state index contributed by atoms with van der Waals surface area (Å²) in [6, 6.07) is 11.9. The highest BCUT2D eigenvalue weighted by atomic mass is 16.3. The van der Waals surface area contributed by atoms with Crippen LogP contribution in [0.4, 0.5) is 0 Å². The highest BCUT2D eigenvalue weighted by molar-refractivity contribution is 6.00. The minimum atomic E-state index is -0.114. The Morgan fingerprint density at radius 2 is 2.08 bits per heavy atom. The molecule has 2 bridgehead atoms. The number of pyridine rings is 1. The number of rotatable bonds is 3. The second-order valence-corrected chi connectivity index (χ2v) is 7.29. The lowest BCUT2D eigenvalue weighted by Gasteiger charge is -2.44. The molecule has 0 spiro atoms. The van der Waals surface area contributed by atoms with Gasteiger partial charge >= 0.3 is 0 Å². The molecule has 3 aliphatic rings. The number of carbonyl (C=O) groups is 1. The van der Waals surface area contributed by atoms with Crippen molar-refractivity contribution in [1.29, 1.82) is 0 Å². The fraction of sp³-hybridized carbons (Fsp3) is 0.333. The van der Waals surface area contributed by atoms with Gasteiger partial charge in [0, 0.05) is 41.5 Å². The number of hydrogen-bond acceptors (Lipinski definition) is 4. The van der Waals surface area contributed by atoms with E-state index in [4.69, 9.17) is 4.42 Å². The van der Waals surface area contributed by atoms with Gasteiger partial charge in [0.25, 0.3) is 5.91 Å². The lowest BCUT2D eigenvalue weighted by atomic mass is 9.84. The average molecular weight is 347 g/mol. The van der Waals surface area contributed by atoms with Gasteiger partial charge in [0.2, 0.25) is 0 Å². The molecule has 1 atom stereocenters. The SMILES string of the molecule is O=C(N[C@@H]1CN2CCC1CC2)c1cc2cccc(-c3cccnc3)c2o1. The van der Waals surface area contributed by atoms with Gasteiger partial charge in [-0.15, -0.1) is 0 Å². The van der Waals surface area contributed by atoms with Crippen molar-refractivity contribution in [2.24, 2.45) is 5.92 Å². The van der Waals surface area contributed by atoms with Crippen LogP contribution in [0.1, 0.15) is 23.4 Å². The van der Waals surface area contributed by atoms with E-state index in [2.05, 4.69) is 15.2 Å². The van der Waals surface area contributed by atoms with Crippen LogP contribution >= 0.6 is 0 Å². The van der Waals surface area contributed by atoms with Crippen molar-refractivity contribution in [3.05, 3.63) is 54.6 Å². The molecule has 1 aromatic carbocycles. The molecule has 1 N–H and O–H groups in total. The Labute approximate surface area is 152 Å². The first-order valence-corrected chi connectivity index (χ1v) is 9.24. The Hall–Kier alpha value is -2.66. The average Bonchev–Trinajstić information content (AvgIpc) is 3.14. The van der Waals surface area contributed by atoms with Gasteiger partial charge in [-0.25, -0.2) is 0 Å². The van der Waals surface area contributed by atoms with Gasteiger partial charge in [0.15, 0.2) is 5.76 Å². The summed E-state index contributed by atoms with van der Waals surface area (Å²) in [4.78, 5) is 19.4. The molecule has 0 radical (unpaired) electrons. The molecule has 5 heteroatoms. The normalized spacial score (nSPS) is 24.7. The van der Waals surface area contributed by atoms with Crippen molar-refractivity contribution in [3.8, 4) is 11.1 Å². The minimum Gasteiger partial charge on any atom is -0.450 e. The van der Waals surface area contributed by atoms with Crippen LogP contribution in [-0.2, 0) is 0 Å². The lowest BCUT2D eigenvalue weighted by molar-refractivity contribution is 0.0607. The van der Waals surface area contributed by atoms with Crippen molar-refractivity contribution in [2.45, 2.75) is 18.9 Å². The lowest BCUT2D eigenvalue weighted by Crippen LogP contribution is -2.57. The van der Waals surface area contributed by atoms with Gasteiger partial charge in [-0.3, -0.25) is 9.78 Å². The Balaban J connectivity index is 1.44. The molecule has 6 rings (SSSR count). The summed E-state index contributed by atoms with van der Waals surface area (Å²) in [7, 11) is 0. The summed E-state index contributed by atoms with van der Waals surface area (Å²) in [6.07, 6.45) is 5.91. The van der Waals surface area contributed by atoms with Crippen LogP contribution in [0.5, 0.6) is 0 Å². The first-order chi connectivity index (χ1) is 12.8. The standard InChI is InChI=1S/C21H21N3O2/c25-21(23-18-13-24-9-6-14(18)7-10-24)19-11-15-3-1-5-17(20(15)26-19)16-4-2-8-22-12-16/h1-5,8,11-12,14,18H,6-7,9-10,13H2,(H,23,25)/t18-/m1/s1. The third-order valence-electron chi connectivity index (χ3n) is 5.71. The van der Waals surface area contributed by atoms with Crippen LogP contribution in [0, 0.1) is 5.92 Å². The fourth-order valence-electron chi connectivity index (χ4n) is 4.29. The summed E-state index contributed by atoms with van der Waals surface area (Å²) >= 11 is 0. The Bertz CT molecular complexity index is 942. The third kappa shape index (κ3) is 2.69. The van der Waals surface area contributed by atoms with E-state index in [1.54, 1.807) is 6.20 Å². The predicted octanol–water partition coefficient (Wildman–Crippen LogP) is 3.32. The van der Waals surface area contributed by atoms with Gasteiger partial charge in [0.05, 0.1) is 0 Å². The van der Waals surface area contributed by atoms with Crippen LogP contribution in [0.15, 0.2) is 53.2 Å². The molecule has 3 aromatic rings. The van der Waals surface area contributed by atoms with Crippen LogP contribution in [0.25, 0.3) is 22.1 Å². The number of piperidine rings is 3. The maximum absolute atomic E-state index is 12.8. The van der Waals surface area contributed by atoms with Crippen LogP contribution in [0.3, 0.4) is 0 Å². The summed E-state index contributed by atoms with van der Waals surface area (Å²) in [6.45, 7) is 3.28. The molecule has 0 aliphatic carbocycles. The predicted molar refractivity (Wildman–Crippen MR) is 99.9 cm³/mol. The van der Waals surface area contributed by atoms with Crippen LogP contribution in [-0.4, -0.2) is 41.5 Å². The summed E-state index contributed by atoms with van der Waals surface area (Å²) in [5.74, 6) is 0.865. The first kappa shape index (κ1) is 15.6. The molecule has 3 saturated heterocycles. The first-order valence-electron chi connectivity index (χ1n) is 9.24. The molecular weight excluding hydrogens is 326 g/mol. The number of nitrogens with one attached hydrogen (secondary N) is 1. The number of aromatic nitrogens is 1. The molecule has 2 aromatic heterocycles. The number of benzene rings is 1. The van der Waals surface area contributed by atoms with E-state index in [0.717, 1.165) is 41.7 Å². The fourth-order valence-corrected chi connectivity index (χ4v) is 4.29. The second kappa shape index (κ2) is 6.25. The molecule has 1 amide bonds. The number of hydrogen-bond donors (Lipinski definition) is 1. The van der Waals surface area contributed by atoms with Crippen molar-refractivity contribution in [1.82, 2.24) is 15.2 Å². The summed E-state index contributed by atoms with van der Waals surface area (Å²) in [5.41, 5.74) is 2.67. The molecule has 5 heterocycles. The van der Waals surface area contributed by atoms with Gasteiger partial charge in [0.1, 0.15) is 5.58 Å². The van der Waals surface area contributed by atoms with E-state index in [1.165, 1.54) is 12.8 Å². The zero-order chi connectivity index (χ0) is 17.5. The summed E-state index contributed by atoms with van der Waals surface area (Å²) in [5, 5.41) is 4.14. The number of nitrogens with zero attached hydrogens (tertiary/aromatic N) is 2. The van der Waals surface area contributed by atoms with Crippen molar-refractivity contribution < 1.29 is 9.21 Å². The second-order valence-electron chi connectivity index (χ2n) is 7.29. The van der Waals surface area contributed by atoms with Gasteiger partial charge < -0.3 is 14.6 Å². The highest BCUT2D eigenvalue weighted by Crippen LogP contribution is 2.31. The molecule has 26 heavy (non-hydrogen) atoms. The van der Waals surface area contributed by atoms with Gasteiger partial charge in [-0.1, -0.05) is 24.3 Å². The number of fused-ring (bicyclic) bond motifs is 4. The zero-order valence-electron chi connectivity index (χ0n) is 14.5. The molecule has 3 fully saturated rings. The summed E-state index contributed by atoms with van der Waals surface area (Å²) < 4.78 is 5.98. The molecule has 3 aliphatic heterocycles. The van der Waals surface area contributed by atoms with E-state index in [1.807, 2.05) is 42.6 Å². The maximum atomic E-state index is 12.8. The van der Waals surface area contributed by atoms with E-state index in [9.17, 15) is 4.79 Å². The number of carbonyl (C=O) groups excluding carboxylic acids is 1. The van der Waals surface area contributed by atoms with E-state index >= 15 is 0 Å². The van der Waals surface area contributed by atoms with Gasteiger partial charge in [-0.2, -0.15) is 0 Å². The molecule has 0 saturated carbocycles. The van der Waals surface area contributed by atoms with Crippen LogP contribution in [0.2, 0.25) is 0 Å². The maximum Gasteiger partial charge on any atom is 0.287 e. The minimum absolute atomic E-state index is 0.114. The number of amides is 1. The smallest absolute Gasteiger partial charge is 0.287 e. The quantitative estimate of drug-likeness (QED) is 0.790. The molecule has 5 nitrogen and oxygen atoms in total. The monoisotopic (exact) mass is 347 g/mol. The van der Waals surface area contributed by atoms with Crippen molar-refractivity contribution in [3.63, 3.8) is 0 Å². The topological polar surface area (TPSA) is 58.4 Å². The van der Waals surface area contributed by atoms with Crippen LogP contribution < -0.4 is 5.32 Å². The van der Waals surface area contributed by atoms with Crippen molar-refractivity contribution >= 4 is 16.9 Å². The Morgan fingerprint density at radius 1 is 1.19 bits per heavy atom. The molecule has 132 valence electrons. The van der Waals surface area contributed by atoms with E-state index < -0.39 is 0 Å². The zero-order valence-corrected chi connectivity index (χ0v) is 14.5. The Kier molecular flexibility index (Phi) is 3.75. The van der Waals surface area contributed by atoms with Crippen molar-refractivity contribution in [2.75, 3.05) is 19.6 Å². The third-order valence-corrected chi connectivity index (χ3v) is 5.71. The van der Waals surface area contributed by atoms with E-state index in [0.29, 0.717) is 11.7 Å². The highest BCUT2D eigenvalue weighted by Gasteiger charge is 2.35. The number of furan rings is 1. The van der Waals surface area contributed by atoms with Gasteiger partial charge in [-0.05, 0) is 44.0 Å². The largest absolute Gasteiger partial charge is 0.450 e.